The van der Waals surface area contributed by atoms with Crippen LogP contribution < -0.4 is 9.46 Å². The fourth-order valence-corrected chi connectivity index (χ4v) is 5.82. The van der Waals surface area contributed by atoms with Crippen LogP contribution in [0.15, 0.2) is 71.6 Å². The third kappa shape index (κ3) is 7.81. The van der Waals surface area contributed by atoms with E-state index in [0.717, 1.165) is 11.1 Å². The van der Waals surface area contributed by atoms with Gasteiger partial charge in [-0.05, 0) is 73.7 Å². The highest BCUT2D eigenvalue weighted by Gasteiger charge is 2.31. The van der Waals surface area contributed by atoms with E-state index in [2.05, 4.69) is 4.72 Å². The van der Waals surface area contributed by atoms with E-state index in [4.69, 9.17) is 16.3 Å². The summed E-state index contributed by atoms with van der Waals surface area (Å²) in [7, 11) is -3.89. The maximum absolute atomic E-state index is 13.5. The number of halogens is 1. The third-order valence-corrected chi connectivity index (χ3v) is 8.30. The predicted molar refractivity (Wildman–Crippen MR) is 148 cm³/mol. The van der Waals surface area contributed by atoms with E-state index in [0.29, 0.717) is 47.7 Å². The summed E-state index contributed by atoms with van der Waals surface area (Å²) in [5.74, 6) is -0.768. The maximum atomic E-state index is 13.5. The monoisotopic (exact) mass is 570 g/mol. The molecule has 3 aromatic carbocycles. The van der Waals surface area contributed by atoms with Gasteiger partial charge >= 0.3 is 5.97 Å². The number of amides is 1. The molecule has 8 nitrogen and oxygen atoms in total. The summed E-state index contributed by atoms with van der Waals surface area (Å²) in [5, 5.41) is 9.90. The summed E-state index contributed by atoms with van der Waals surface area (Å²) >= 11 is 5.97. The molecule has 10 heteroatoms. The maximum Gasteiger partial charge on any atom is 0.307 e. The Morgan fingerprint density at radius 2 is 1.74 bits per heavy atom. The molecule has 0 spiro atoms. The van der Waals surface area contributed by atoms with Crippen LogP contribution >= 0.6 is 11.6 Å². The predicted octanol–water partition coefficient (Wildman–Crippen LogP) is 4.71. The molecular weight excluding hydrogens is 540 g/mol. The van der Waals surface area contributed by atoms with E-state index in [1.807, 2.05) is 19.1 Å². The topological polar surface area (TPSA) is 113 Å². The molecule has 1 amide bonds. The minimum absolute atomic E-state index is 0.107. The van der Waals surface area contributed by atoms with Crippen LogP contribution in [-0.4, -0.2) is 42.9 Å². The van der Waals surface area contributed by atoms with Crippen molar-refractivity contribution in [2.45, 2.75) is 56.7 Å². The van der Waals surface area contributed by atoms with Crippen LogP contribution in [0.25, 0.3) is 0 Å². The smallest absolute Gasteiger partial charge is 0.307 e. The zero-order valence-corrected chi connectivity index (χ0v) is 23.2. The Hall–Kier alpha value is -3.40. The molecule has 1 heterocycles. The van der Waals surface area contributed by atoms with Crippen LogP contribution in [0, 0.1) is 6.92 Å². The van der Waals surface area contributed by atoms with E-state index in [1.165, 1.54) is 12.1 Å². The summed E-state index contributed by atoms with van der Waals surface area (Å²) in [6.07, 6.45) is 1.61. The van der Waals surface area contributed by atoms with Crippen molar-refractivity contribution in [3.63, 3.8) is 0 Å². The fourth-order valence-electron chi connectivity index (χ4n) is 4.47. The first-order chi connectivity index (χ1) is 18.6. The molecule has 2 N–H and O–H groups in total. The van der Waals surface area contributed by atoms with E-state index >= 15 is 0 Å². The number of sulfonamides is 1. The molecule has 0 bridgehead atoms. The second kappa shape index (κ2) is 12.6. The molecule has 0 unspecified atom stereocenters. The summed E-state index contributed by atoms with van der Waals surface area (Å²) in [5.41, 5.74) is 3.06. The van der Waals surface area contributed by atoms with Gasteiger partial charge in [-0.25, -0.2) is 8.42 Å². The Bertz CT molecular complexity index is 1430. The number of carboxylic acid groups (broad SMARTS) is 1. The van der Waals surface area contributed by atoms with E-state index in [9.17, 15) is 23.1 Å². The summed E-state index contributed by atoms with van der Waals surface area (Å²) in [4.78, 5) is 26.6. The number of ether oxygens (including phenoxy) is 1. The standard InChI is InChI=1S/C29H31ClN2O6S/c1-20-5-12-25(13-6-20)39(36,37)31-26-4-2-3-15-32(29(26)35)18-23-16-22(17-28(33)34)9-14-27(23)38-19-21-7-10-24(30)11-8-21/h5-14,16,26,31H,2-4,15,17-19H2,1H3,(H,33,34)/t26-/m0/s1. The second-order valence-corrected chi connectivity index (χ2v) is 11.8. The van der Waals surface area contributed by atoms with Crippen molar-refractivity contribution < 1.29 is 27.9 Å². The molecule has 206 valence electrons. The van der Waals surface area contributed by atoms with Crippen molar-refractivity contribution in [1.82, 2.24) is 9.62 Å². The molecule has 0 aromatic heterocycles. The van der Waals surface area contributed by atoms with Gasteiger partial charge in [-0.1, -0.05) is 47.5 Å². The van der Waals surface area contributed by atoms with Crippen LogP contribution in [0.2, 0.25) is 5.02 Å². The Labute approximate surface area is 233 Å². The molecule has 1 fully saturated rings. The number of nitrogens with one attached hydrogen (secondary N) is 1. The Kier molecular flexibility index (Phi) is 9.27. The van der Waals surface area contributed by atoms with E-state index in [-0.39, 0.29) is 30.4 Å². The molecule has 1 aliphatic heterocycles. The lowest BCUT2D eigenvalue weighted by atomic mass is 10.1. The third-order valence-electron chi connectivity index (χ3n) is 6.56. The number of hydrogen-bond acceptors (Lipinski definition) is 5. The molecule has 0 aliphatic carbocycles. The van der Waals surface area contributed by atoms with Crippen molar-refractivity contribution in [3.05, 3.63) is 94.0 Å². The van der Waals surface area contributed by atoms with Gasteiger partial charge in [-0.2, -0.15) is 4.72 Å². The van der Waals surface area contributed by atoms with Gasteiger partial charge in [0.15, 0.2) is 0 Å². The Balaban J connectivity index is 1.55. The number of aryl methyl sites for hydroxylation is 1. The molecule has 1 saturated heterocycles. The van der Waals surface area contributed by atoms with Crippen LogP contribution in [0.1, 0.15) is 41.5 Å². The zero-order chi connectivity index (χ0) is 28.0. The van der Waals surface area contributed by atoms with Crippen molar-refractivity contribution in [2.75, 3.05) is 6.54 Å². The minimum Gasteiger partial charge on any atom is -0.489 e. The first-order valence-electron chi connectivity index (χ1n) is 12.7. The van der Waals surface area contributed by atoms with Crippen molar-refractivity contribution in [3.8, 4) is 5.75 Å². The highest BCUT2D eigenvalue weighted by Crippen LogP contribution is 2.26. The highest BCUT2D eigenvalue weighted by molar-refractivity contribution is 7.89. The number of nitrogens with zero attached hydrogens (tertiary/aromatic N) is 1. The summed E-state index contributed by atoms with van der Waals surface area (Å²) < 4.78 is 34.7. The van der Waals surface area contributed by atoms with Crippen molar-refractivity contribution >= 4 is 33.5 Å². The number of rotatable bonds is 10. The molecule has 1 aliphatic rings. The van der Waals surface area contributed by atoms with Gasteiger partial charge in [0.1, 0.15) is 18.4 Å². The number of carbonyl (C=O) groups is 2. The number of likely N-dealkylation sites (tertiary alicyclic amines) is 1. The SMILES string of the molecule is Cc1ccc(S(=O)(=O)N[C@H]2CCCCN(Cc3cc(CC(=O)O)ccc3OCc3ccc(Cl)cc3)C2=O)cc1. The van der Waals surface area contributed by atoms with Gasteiger partial charge in [-0.15, -0.1) is 0 Å². The Morgan fingerprint density at radius 1 is 1.05 bits per heavy atom. The van der Waals surface area contributed by atoms with Crippen molar-refractivity contribution in [1.29, 1.82) is 0 Å². The van der Waals surface area contributed by atoms with E-state index in [1.54, 1.807) is 47.4 Å². The average Bonchev–Trinajstić information content (AvgIpc) is 3.05. The molecule has 39 heavy (non-hydrogen) atoms. The largest absolute Gasteiger partial charge is 0.489 e. The molecule has 0 radical (unpaired) electrons. The van der Waals surface area contributed by atoms with Gasteiger partial charge < -0.3 is 14.7 Å². The Morgan fingerprint density at radius 3 is 2.44 bits per heavy atom. The molecule has 0 saturated carbocycles. The van der Waals surface area contributed by atoms with Crippen LogP contribution in [0.3, 0.4) is 0 Å². The van der Waals surface area contributed by atoms with Gasteiger partial charge in [-0.3, -0.25) is 9.59 Å². The number of carboxylic acids is 1. The molecular formula is C29H31ClN2O6S. The average molecular weight is 571 g/mol. The fraction of sp³-hybridized carbons (Fsp3) is 0.310. The normalized spacial score (nSPS) is 16.1. The molecule has 1 atom stereocenters. The van der Waals surface area contributed by atoms with E-state index < -0.39 is 22.0 Å². The minimum atomic E-state index is -3.89. The number of carbonyl (C=O) groups excluding carboxylic acids is 1. The molecule has 3 aromatic rings. The lowest BCUT2D eigenvalue weighted by Crippen LogP contribution is -2.47. The summed E-state index contributed by atoms with van der Waals surface area (Å²) in [6.45, 7) is 2.73. The first kappa shape index (κ1) is 28.6. The molecule has 4 rings (SSSR count). The number of benzene rings is 3. The van der Waals surface area contributed by atoms with Gasteiger partial charge in [0, 0.05) is 23.7 Å². The number of hydrogen-bond donors (Lipinski definition) is 2. The quantitative estimate of drug-likeness (QED) is 0.365. The van der Waals surface area contributed by atoms with Gasteiger partial charge in [0.05, 0.1) is 11.3 Å². The second-order valence-electron chi connectivity index (χ2n) is 9.67. The summed E-state index contributed by atoms with van der Waals surface area (Å²) in [6, 6.07) is 17.9. The van der Waals surface area contributed by atoms with Gasteiger partial charge in [0.2, 0.25) is 15.9 Å². The first-order valence-corrected chi connectivity index (χ1v) is 14.6. The van der Waals surface area contributed by atoms with Gasteiger partial charge in [0.25, 0.3) is 0 Å². The lowest BCUT2D eigenvalue weighted by molar-refractivity contribution is -0.136. The lowest BCUT2D eigenvalue weighted by Gasteiger charge is -2.26. The van der Waals surface area contributed by atoms with Crippen LogP contribution in [-0.2, 0) is 39.2 Å². The van der Waals surface area contributed by atoms with Crippen LogP contribution in [0.4, 0.5) is 0 Å². The van der Waals surface area contributed by atoms with Crippen molar-refractivity contribution in [2.24, 2.45) is 0 Å². The van der Waals surface area contributed by atoms with Crippen LogP contribution in [0.5, 0.6) is 5.75 Å². The number of aliphatic carboxylic acids is 1. The zero-order valence-electron chi connectivity index (χ0n) is 21.6. The highest BCUT2D eigenvalue weighted by atomic mass is 35.5.